The first-order valence-electron chi connectivity index (χ1n) is 8.52. The smallest absolute Gasteiger partial charge is 0.226 e. The van der Waals surface area contributed by atoms with Crippen molar-refractivity contribution >= 4 is 5.91 Å². The highest BCUT2D eigenvalue weighted by Crippen LogP contribution is 2.32. The maximum Gasteiger partial charge on any atom is 0.226 e. The van der Waals surface area contributed by atoms with E-state index in [9.17, 15) is 4.79 Å². The van der Waals surface area contributed by atoms with E-state index in [0.29, 0.717) is 24.4 Å². The van der Waals surface area contributed by atoms with Crippen molar-refractivity contribution < 1.29 is 4.79 Å². The van der Waals surface area contributed by atoms with Crippen LogP contribution in [-0.4, -0.2) is 54.5 Å². The summed E-state index contributed by atoms with van der Waals surface area (Å²) in [6, 6.07) is 0.626. The van der Waals surface area contributed by atoms with Crippen molar-refractivity contribution in [2.45, 2.75) is 51.0 Å². The molecule has 0 aromatic carbocycles. The Bertz CT molecular complexity index is 347. The summed E-state index contributed by atoms with van der Waals surface area (Å²) in [6.45, 7) is 5.02. The summed E-state index contributed by atoms with van der Waals surface area (Å²) < 4.78 is 0. The SMILES string of the molecule is NCC1CCCCC1C(=O)N1CCCN2CCCC2C1. The van der Waals surface area contributed by atoms with Gasteiger partial charge in [-0.25, -0.2) is 0 Å². The molecule has 0 bridgehead atoms. The van der Waals surface area contributed by atoms with Gasteiger partial charge < -0.3 is 10.6 Å². The summed E-state index contributed by atoms with van der Waals surface area (Å²) in [5.41, 5.74) is 5.90. The molecule has 2 N–H and O–H groups in total. The lowest BCUT2D eigenvalue weighted by atomic mass is 9.78. The third kappa shape index (κ3) is 2.86. The lowest BCUT2D eigenvalue weighted by molar-refractivity contribution is -0.138. The topological polar surface area (TPSA) is 49.6 Å². The average Bonchev–Trinajstić information content (AvgIpc) is 2.83. The Morgan fingerprint density at radius 1 is 1.00 bits per heavy atom. The third-order valence-corrected chi connectivity index (χ3v) is 5.64. The normalized spacial score (nSPS) is 35.6. The zero-order valence-corrected chi connectivity index (χ0v) is 12.6. The summed E-state index contributed by atoms with van der Waals surface area (Å²) >= 11 is 0. The number of hydrogen-bond acceptors (Lipinski definition) is 3. The second-order valence-corrected chi connectivity index (χ2v) is 6.86. The van der Waals surface area contributed by atoms with Gasteiger partial charge in [-0.1, -0.05) is 12.8 Å². The summed E-state index contributed by atoms with van der Waals surface area (Å²) in [4.78, 5) is 17.7. The molecule has 0 radical (unpaired) electrons. The van der Waals surface area contributed by atoms with Crippen molar-refractivity contribution in [3.63, 3.8) is 0 Å². The number of carbonyl (C=O) groups is 1. The molecule has 3 rings (SSSR count). The number of nitrogens with zero attached hydrogens (tertiary/aromatic N) is 2. The number of nitrogens with two attached hydrogens (primary N) is 1. The molecule has 2 heterocycles. The molecular formula is C16H29N3O. The standard InChI is InChI=1S/C16H29N3O/c17-11-13-5-1-2-7-15(13)16(20)19-10-4-9-18-8-3-6-14(18)12-19/h13-15H,1-12,17H2. The Morgan fingerprint density at radius 2 is 1.80 bits per heavy atom. The van der Waals surface area contributed by atoms with Crippen LogP contribution in [0.3, 0.4) is 0 Å². The van der Waals surface area contributed by atoms with Crippen LogP contribution >= 0.6 is 0 Å². The van der Waals surface area contributed by atoms with Gasteiger partial charge in [0.1, 0.15) is 0 Å². The highest BCUT2D eigenvalue weighted by Gasteiger charge is 2.36. The first kappa shape index (κ1) is 14.3. The van der Waals surface area contributed by atoms with Crippen LogP contribution in [-0.2, 0) is 4.79 Å². The monoisotopic (exact) mass is 279 g/mol. The van der Waals surface area contributed by atoms with Crippen molar-refractivity contribution in [3.8, 4) is 0 Å². The minimum atomic E-state index is 0.210. The van der Waals surface area contributed by atoms with Crippen molar-refractivity contribution in [2.24, 2.45) is 17.6 Å². The molecule has 3 fully saturated rings. The fourth-order valence-electron chi connectivity index (χ4n) is 4.46. The Morgan fingerprint density at radius 3 is 2.65 bits per heavy atom. The first-order valence-corrected chi connectivity index (χ1v) is 8.52. The third-order valence-electron chi connectivity index (χ3n) is 5.64. The number of amides is 1. The molecule has 20 heavy (non-hydrogen) atoms. The molecule has 3 aliphatic rings. The molecule has 0 aromatic heterocycles. The van der Waals surface area contributed by atoms with Crippen LogP contribution in [0.25, 0.3) is 0 Å². The van der Waals surface area contributed by atoms with Gasteiger partial charge in [0.2, 0.25) is 5.91 Å². The molecule has 2 saturated heterocycles. The molecule has 1 saturated carbocycles. The highest BCUT2D eigenvalue weighted by atomic mass is 16.2. The number of carbonyl (C=O) groups excluding carboxylic acids is 1. The number of fused-ring (bicyclic) bond motifs is 1. The van der Waals surface area contributed by atoms with Gasteiger partial charge in [0.15, 0.2) is 0 Å². The highest BCUT2D eigenvalue weighted by molar-refractivity contribution is 5.79. The average molecular weight is 279 g/mol. The summed E-state index contributed by atoms with van der Waals surface area (Å²) in [7, 11) is 0. The first-order chi connectivity index (χ1) is 9.79. The quantitative estimate of drug-likeness (QED) is 0.832. The van der Waals surface area contributed by atoms with Crippen LogP contribution in [0.15, 0.2) is 0 Å². The summed E-state index contributed by atoms with van der Waals surface area (Å²) in [5, 5.41) is 0. The number of rotatable bonds is 2. The van der Waals surface area contributed by atoms with Crippen LogP contribution in [0.1, 0.15) is 44.9 Å². The van der Waals surface area contributed by atoms with Crippen molar-refractivity contribution in [3.05, 3.63) is 0 Å². The molecule has 4 nitrogen and oxygen atoms in total. The molecule has 0 spiro atoms. The molecule has 4 heteroatoms. The van der Waals surface area contributed by atoms with Crippen molar-refractivity contribution in [2.75, 3.05) is 32.7 Å². The molecule has 114 valence electrons. The Balaban J connectivity index is 1.65. The fourth-order valence-corrected chi connectivity index (χ4v) is 4.46. The van der Waals surface area contributed by atoms with Gasteiger partial charge in [-0.2, -0.15) is 0 Å². The predicted molar refractivity (Wildman–Crippen MR) is 80.3 cm³/mol. The Labute approximate surface area is 122 Å². The molecule has 0 aromatic rings. The van der Waals surface area contributed by atoms with Gasteiger partial charge in [0.05, 0.1) is 0 Å². The van der Waals surface area contributed by atoms with Crippen LogP contribution in [0.2, 0.25) is 0 Å². The van der Waals surface area contributed by atoms with E-state index in [0.717, 1.165) is 32.4 Å². The summed E-state index contributed by atoms with van der Waals surface area (Å²) in [6.07, 6.45) is 8.39. The Hall–Kier alpha value is -0.610. The van der Waals surface area contributed by atoms with E-state index in [-0.39, 0.29) is 5.92 Å². The van der Waals surface area contributed by atoms with Crippen LogP contribution in [0, 0.1) is 11.8 Å². The molecular weight excluding hydrogens is 250 g/mol. The minimum Gasteiger partial charge on any atom is -0.341 e. The molecule has 2 aliphatic heterocycles. The van der Waals surface area contributed by atoms with E-state index in [2.05, 4.69) is 9.80 Å². The van der Waals surface area contributed by atoms with Gasteiger partial charge in [0, 0.05) is 31.6 Å². The lowest BCUT2D eigenvalue weighted by Gasteiger charge is -2.34. The largest absolute Gasteiger partial charge is 0.341 e. The van der Waals surface area contributed by atoms with E-state index >= 15 is 0 Å². The van der Waals surface area contributed by atoms with Gasteiger partial charge in [-0.05, 0) is 51.1 Å². The zero-order valence-electron chi connectivity index (χ0n) is 12.6. The van der Waals surface area contributed by atoms with Crippen LogP contribution in [0.5, 0.6) is 0 Å². The maximum atomic E-state index is 12.9. The molecule has 3 unspecified atom stereocenters. The van der Waals surface area contributed by atoms with Crippen LogP contribution in [0.4, 0.5) is 0 Å². The van der Waals surface area contributed by atoms with Gasteiger partial charge >= 0.3 is 0 Å². The molecule has 3 atom stereocenters. The maximum absolute atomic E-state index is 12.9. The van der Waals surface area contributed by atoms with Crippen molar-refractivity contribution in [1.29, 1.82) is 0 Å². The molecule has 1 aliphatic carbocycles. The van der Waals surface area contributed by atoms with Crippen molar-refractivity contribution in [1.82, 2.24) is 9.80 Å². The van der Waals surface area contributed by atoms with E-state index in [1.165, 1.54) is 38.8 Å². The minimum absolute atomic E-state index is 0.210. The fraction of sp³-hybridized carbons (Fsp3) is 0.938. The van der Waals surface area contributed by atoms with Gasteiger partial charge in [0.25, 0.3) is 0 Å². The second-order valence-electron chi connectivity index (χ2n) is 6.86. The Kier molecular flexibility index (Phi) is 4.61. The number of hydrogen-bond donors (Lipinski definition) is 1. The van der Waals surface area contributed by atoms with Crippen LogP contribution < -0.4 is 5.73 Å². The van der Waals surface area contributed by atoms with Gasteiger partial charge in [-0.3, -0.25) is 9.69 Å². The zero-order chi connectivity index (χ0) is 13.9. The van der Waals surface area contributed by atoms with E-state index in [1.54, 1.807) is 0 Å². The second kappa shape index (κ2) is 6.44. The predicted octanol–water partition coefficient (Wildman–Crippen LogP) is 1.45. The van der Waals surface area contributed by atoms with E-state index in [4.69, 9.17) is 5.73 Å². The van der Waals surface area contributed by atoms with E-state index < -0.39 is 0 Å². The summed E-state index contributed by atoms with van der Waals surface area (Å²) in [5.74, 6) is 1.05. The molecule has 1 amide bonds. The van der Waals surface area contributed by atoms with E-state index in [1.807, 2.05) is 0 Å². The van der Waals surface area contributed by atoms with Gasteiger partial charge in [-0.15, -0.1) is 0 Å². The lowest BCUT2D eigenvalue weighted by Crippen LogP contribution is -2.45.